The van der Waals surface area contributed by atoms with Gasteiger partial charge < -0.3 is 14.6 Å². The Morgan fingerprint density at radius 2 is 1.69 bits per heavy atom. The second-order valence-electron chi connectivity index (χ2n) is 9.05. The third-order valence-electron chi connectivity index (χ3n) is 6.54. The predicted octanol–water partition coefficient (Wildman–Crippen LogP) is 5.82. The second-order valence-corrected chi connectivity index (χ2v) is 9.05. The van der Waals surface area contributed by atoms with Crippen LogP contribution in [0.2, 0.25) is 0 Å². The number of fused-ring (bicyclic) bond motifs is 1. The summed E-state index contributed by atoms with van der Waals surface area (Å²) >= 11 is 0. The van der Waals surface area contributed by atoms with Gasteiger partial charge in [0.25, 0.3) is 0 Å². The SMILES string of the molecule is Cc1ccc(CC(=O)C2(c3ccc4c(c3)OC(F)(F)O4)CC2)nc1-c1ccc(C(O)C(F)(F)F)cc1. The van der Waals surface area contributed by atoms with E-state index in [1.807, 2.05) is 0 Å². The summed E-state index contributed by atoms with van der Waals surface area (Å²) in [7, 11) is 0. The minimum atomic E-state index is -4.77. The van der Waals surface area contributed by atoms with E-state index in [0.29, 0.717) is 35.4 Å². The van der Waals surface area contributed by atoms with Crippen LogP contribution in [0.15, 0.2) is 54.6 Å². The van der Waals surface area contributed by atoms with E-state index in [9.17, 15) is 31.9 Å². The van der Waals surface area contributed by atoms with E-state index in [1.54, 1.807) is 25.1 Å². The lowest BCUT2D eigenvalue weighted by molar-refractivity contribution is -0.286. The zero-order valence-corrected chi connectivity index (χ0v) is 18.9. The fraction of sp³-hybridized carbons (Fsp3) is 0.308. The van der Waals surface area contributed by atoms with Gasteiger partial charge in [0.2, 0.25) is 0 Å². The number of aliphatic hydroxyl groups is 1. The summed E-state index contributed by atoms with van der Waals surface area (Å²) in [4.78, 5) is 17.8. The minimum absolute atomic E-state index is 0.0112. The molecule has 10 heteroatoms. The maximum absolute atomic E-state index is 13.4. The van der Waals surface area contributed by atoms with Gasteiger partial charge in [0.05, 0.1) is 11.1 Å². The molecule has 0 amide bonds. The fourth-order valence-electron chi connectivity index (χ4n) is 4.41. The first-order chi connectivity index (χ1) is 16.9. The van der Waals surface area contributed by atoms with Crippen LogP contribution in [-0.4, -0.2) is 28.3 Å². The molecule has 1 atom stereocenters. The van der Waals surface area contributed by atoms with Gasteiger partial charge in [-0.05, 0) is 54.7 Å². The summed E-state index contributed by atoms with van der Waals surface area (Å²) in [5, 5.41) is 9.44. The van der Waals surface area contributed by atoms with Gasteiger partial charge in [-0.15, -0.1) is 8.78 Å². The van der Waals surface area contributed by atoms with Crippen molar-refractivity contribution in [3.05, 3.63) is 77.0 Å². The van der Waals surface area contributed by atoms with Crippen molar-refractivity contribution in [3.8, 4) is 22.8 Å². The van der Waals surface area contributed by atoms with Crippen LogP contribution in [0.4, 0.5) is 22.0 Å². The Morgan fingerprint density at radius 1 is 1.03 bits per heavy atom. The summed E-state index contributed by atoms with van der Waals surface area (Å²) in [5.41, 5.74) is 1.73. The number of carbonyl (C=O) groups excluding carboxylic acids is 1. The quantitative estimate of drug-likeness (QED) is 0.428. The Bertz CT molecular complexity index is 1330. The summed E-state index contributed by atoms with van der Waals surface area (Å²) in [6, 6.07) is 13.1. The maximum atomic E-state index is 13.4. The van der Waals surface area contributed by atoms with Crippen molar-refractivity contribution in [1.29, 1.82) is 0 Å². The number of nitrogens with zero attached hydrogens (tertiary/aromatic N) is 1. The summed E-state index contributed by atoms with van der Waals surface area (Å²) < 4.78 is 74.0. The first kappa shape index (κ1) is 24.2. The molecule has 188 valence electrons. The molecule has 0 radical (unpaired) electrons. The van der Waals surface area contributed by atoms with Crippen LogP contribution >= 0.6 is 0 Å². The highest BCUT2D eigenvalue weighted by Gasteiger charge is 2.52. The van der Waals surface area contributed by atoms with Crippen LogP contribution in [0.25, 0.3) is 11.3 Å². The monoisotopic (exact) mass is 505 g/mol. The number of benzene rings is 2. The topological polar surface area (TPSA) is 68.7 Å². The highest BCUT2D eigenvalue weighted by molar-refractivity contribution is 5.94. The van der Waals surface area contributed by atoms with E-state index in [1.165, 1.54) is 36.4 Å². The Kier molecular flexibility index (Phi) is 5.55. The average molecular weight is 505 g/mol. The van der Waals surface area contributed by atoms with Gasteiger partial charge in [-0.2, -0.15) is 13.2 Å². The number of pyridine rings is 1. The Hall–Kier alpha value is -3.53. The Balaban J connectivity index is 1.36. The highest BCUT2D eigenvalue weighted by Crippen LogP contribution is 2.52. The lowest BCUT2D eigenvalue weighted by Crippen LogP contribution is -2.26. The van der Waals surface area contributed by atoms with Crippen molar-refractivity contribution in [1.82, 2.24) is 4.98 Å². The first-order valence-electron chi connectivity index (χ1n) is 11.1. The zero-order valence-electron chi connectivity index (χ0n) is 18.9. The highest BCUT2D eigenvalue weighted by atomic mass is 19.4. The molecule has 0 bridgehead atoms. The molecule has 36 heavy (non-hydrogen) atoms. The molecular formula is C26H20F5NO4. The van der Waals surface area contributed by atoms with E-state index >= 15 is 0 Å². The van der Waals surface area contributed by atoms with Crippen molar-refractivity contribution in [2.45, 2.75) is 50.2 Å². The van der Waals surface area contributed by atoms with E-state index in [0.717, 1.165) is 5.56 Å². The fourth-order valence-corrected chi connectivity index (χ4v) is 4.41. The number of carbonyl (C=O) groups is 1. The molecule has 0 spiro atoms. The normalized spacial score (nSPS) is 18.1. The average Bonchev–Trinajstić information content (AvgIpc) is 3.56. The van der Waals surface area contributed by atoms with Gasteiger partial charge in [-0.25, -0.2) is 0 Å². The standard InChI is InChI=1S/C26H20F5NO4/c1-14-2-8-18(32-22(14)15-3-5-16(6-4-15)23(34)25(27,28)29)13-21(33)24(10-11-24)17-7-9-19-20(12-17)36-26(30,31)35-19/h2-9,12,23,34H,10-11,13H2,1H3. The lowest BCUT2D eigenvalue weighted by Gasteiger charge is -2.16. The molecule has 2 aromatic carbocycles. The Morgan fingerprint density at radius 3 is 2.33 bits per heavy atom. The Labute approximate surface area is 202 Å². The molecule has 0 saturated heterocycles. The van der Waals surface area contributed by atoms with Gasteiger partial charge in [0, 0.05) is 17.7 Å². The molecule has 2 heterocycles. The number of aromatic nitrogens is 1. The molecule has 1 fully saturated rings. The van der Waals surface area contributed by atoms with Gasteiger partial charge in [-0.1, -0.05) is 36.4 Å². The third kappa shape index (κ3) is 4.41. The van der Waals surface area contributed by atoms with Crippen LogP contribution < -0.4 is 9.47 Å². The molecule has 5 rings (SSSR count). The molecule has 2 aliphatic rings. The number of aliphatic hydroxyl groups excluding tert-OH is 1. The van der Waals surface area contributed by atoms with Crippen LogP contribution in [0.1, 0.15) is 41.3 Å². The van der Waals surface area contributed by atoms with Crippen molar-refractivity contribution in [2.24, 2.45) is 0 Å². The van der Waals surface area contributed by atoms with E-state index in [2.05, 4.69) is 14.5 Å². The summed E-state index contributed by atoms with van der Waals surface area (Å²) in [5.74, 6) is -0.337. The number of rotatable bonds is 6. The smallest absolute Gasteiger partial charge is 0.395 e. The largest absolute Gasteiger partial charge is 0.586 e. The van der Waals surface area contributed by atoms with Gasteiger partial charge >= 0.3 is 12.5 Å². The first-order valence-corrected chi connectivity index (χ1v) is 11.1. The van der Waals surface area contributed by atoms with Crippen molar-refractivity contribution >= 4 is 5.78 Å². The molecule has 1 aliphatic heterocycles. The number of ketones is 1. The summed E-state index contributed by atoms with van der Waals surface area (Å²) in [6.07, 6.45) is -9.99. The second kappa shape index (κ2) is 8.26. The lowest BCUT2D eigenvalue weighted by atomic mass is 9.88. The molecule has 1 unspecified atom stereocenters. The number of aryl methyl sites for hydroxylation is 1. The summed E-state index contributed by atoms with van der Waals surface area (Å²) in [6.45, 7) is 1.79. The van der Waals surface area contributed by atoms with Crippen LogP contribution in [0, 0.1) is 6.92 Å². The molecular weight excluding hydrogens is 485 g/mol. The van der Waals surface area contributed by atoms with Crippen LogP contribution in [-0.2, 0) is 16.6 Å². The number of Topliss-reactive ketones (excluding diaryl/α,β-unsaturated/α-hetero) is 1. The number of alkyl halides is 5. The van der Waals surface area contributed by atoms with Gasteiger partial charge in [-0.3, -0.25) is 9.78 Å². The van der Waals surface area contributed by atoms with Crippen molar-refractivity contribution in [2.75, 3.05) is 0 Å². The maximum Gasteiger partial charge on any atom is 0.586 e. The molecule has 1 aromatic heterocycles. The number of halogens is 5. The van der Waals surface area contributed by atoms with Gasteiger partial charge in [0.15, 0.2) is 17.6 Å². The van der Waals surface area contributed by atoms with Crippen LogP contribution in [0.3, 0.4) is 0 Å². The molecule has 5 nitrogen and oxygen atoms in total. The van der Waals surface area contributed by atoms with E-state index in [-0.39, 0.29) is 29.3 Å². The van der Waals surface area contributed by atoms with Gasteiger partial charge in [0.1, 0.15) is 5.78 Å². The van der Waals surface area contributed by atoms with E-state index in [4.69, 9.17) is 0 Å². The number of hydrogen-bond donors (Lipinski definition) is 1. The minimum Gasteiger partial charge on any atom is -0.395 e. The molecule has 1 N–H and O–H groups in total. The van der Waals surface area contributed by atoms with Crippen LogP contribution in [0.5, 0.6) is 11.5 Å². The zero-order chi connectivity index (χ0) is 25.9. The van der Waals surface area contributed by atoms with E-state index < -0.39 is 24.0 Å². The van der Waals surface area contributed by atoms with Crippen molar-refractivity contribution < 1.29 is 41.3 Å². The predicted molar refractivity (Wildman–Crippen MR) is 118 cm³/mol. The van der Waals surface area contributed by atoms with Crippen molar-refractivity contribution in [3.63, 3.8) is 0 Å². The molecule has 1 aliphatic carbocycles. The number of hydrogen-bond acceptors (Lipinski definition) is 5. The molecule has 1 saturated carbocycles. The number of ether oxygens (including phenoxy) is 2. The molecule has 3 aromatic rings. The third-order valence-corrected chi connectivity index (χ3v) is 6.54.